The van der Waals surface area contributed by atoms with Crippen LogP contribution in [0.5, 0.6) is 0 Å². The summed E-state index contributed by atoms with van der Waals surface area (Å²) in [7, 11) is 0. The molecule has 0 amide bonds. The number of unbranched alkanes of at least 4 members (excludes halogenated alkanes) is 2. The van der Waals surface area contributed by atoms with Gasteiger partial charge in [-0.1, -0.05) is 56.2 Å². The van der Waals surface area contributed by atoms with E-state index in [0.29, 0.717) is 22.3 Å². The van der Waals surface area contributed by atoms with Crippen LogP contribution in [-0.4, -0.2) is 29.2 Å². The van der Waals surface area contributed by atoms with E-state index in [0.717, 1.165) is 31.2 Å². The lowest BCUT2D eigenvalue weighted by Gasteiger charge is -2.37. The van der Waals surface area contributed by atoms with E-state index in [9.17, 15) is 14.8 Å². The molecule has 0 heterocycles. The van der Waals surface area contributed by atoms with E-state index in [1.807, 2.05) is 12.1 Å². The topological polar surface area (TPSA) is 82.1 Å². The molecule has 31 heavy (non-hydrogen) atoms. The maximum absolute atomic E-state index is 13.2. The molecule has 1 N–H and O–H groups in total. The van der Waals surface area contributed by atoms with Crippen molar-refractivity contribution >= 4 is 11.8 Å². The minimum Gasteiger partial charge on any atom is -0.458 e. The number of carbonyl (C=O) groups is 2. The van der Waals surface area contributed by atoms with Gasteiger partial charge in [0.1, 0.15) is 12.2 Å². The molecule has 166 valence electrons. The smallest absolute Gasteiger partial charge is 0.332 e. The van der Waals surface area contributed by atoms with Crippen molar-refractivity contribution in [2.45, 2.75) is 64.8 Å². The number of hydrogen-bond donors (Lipinski definition) is 1. The summed E-state index contributed by atoms with van der Waals surface area (Å²) in [6.07, 6.45) is 4.09. The zero-order valence-electron chi connectivity index (χ0n) is 18.6. The quantitative estimate of drug-likeness (QED) is 0.210. The minimum atomic E-state index is -1.81. The summed E-state index contributed by atoms with van der Waals surface area (Å²) in [4.78, 5) is 30.4. The lowest BCUT2D eigenvalue weighted by atomic mass is 9.79. The second-order valence-corrected chi connectivity index (χ2v) is 8.79. The normalized spacial score (nSPS) is 17.8. The van der Waals surface area contributed by atoms with E-state index in [1.165, 1.54) is 0 Å². The first-order valence-corrected chi connectivity index (χ1v) is 10.7. The maximum Gasteiger partial charge on any atom is 0.332 e. The fourth-order valence-electron chi connectivity index (χ4n) is 3.87. The third-order valence-corrected chi connectivity index (χ3v) is 5.22. The molecule has 1 aliphatic carbocycles. The predicted octanol–water partition coefficient (Wildman–Crippen LogP) is 5.01. The van der Waals surface area contributed by atoms with Gasteiger partial charge in [0.2, 0.25) is 0 Å². The van der Waals surface area contributed by atoms with Crippen LogP contribution in [-0.2, 0) is 31.4 Å². The van der Waals surface area contributed by atoms with Gasteiger partial charge in [0, 0.05) is 22.3 Å². The Hall–Kier alpha value is -2.54. The van der Waals surface area contributed by atoms with Gasteiger partial charge in [-0.3, -0.25) is 4.79 Å². The Labute approximate surface area is 183 Å². The molecule has 0 saturated heterocycles. The van der Waals surface area contributed by atoms with Gasteiger partial charge in [-0.05, 0) is 45.2 Å². The van der Waals surface area contributed by atoms with Crippen molar-refractivity contribution in [1.82, 2.24) is 0 Å². The molecule has 3 rings (SSSR count). The van der Waals surface area contributed by atoms with Crippen LogP contribution < -0.4 is 0 Å². The van der Waals surface area contributed by atoms with Crippen molar-refractivity contribution in [3.8, 4) is 0 Å². The standard InChI is InChI=1S/C25H30O6/c1-5-6-7-10-17-13-14-21-19(15-17)23(27)18-11-8-9-12-20(18)25(21,31-28)29-16-22(26)30-24(2,3)4/h8-9,11-15,28H,5-7,10,16H2,1-4H3. The predicted molar refractivity (Wildman–Crippen MR) is 116 cm³/mol. The van der Waals surface area contributed by atoms with E-state index in [-0.39, 0.29) is 5.78 Å². The molecule has 0 radical (unpaired) electrons. The summed E-state index contributed by atoms with van der Waals surface area (Å²) in [5, 5.41) is 10.0. The van der Waals surface area contributed by atoms with Crippen molar-refractivity contribution in [3.05, 3.63) is 70.3 Å². The summed E-state index contributed by atoms with van der Waals surface area (Å²) >= 11 is 0. The number of carbonyl (C=O) groups excluding carboxylic acids is 2. The molecule has 1 unspecified atom stereocenters. The van der Waals surface area contributed by atoms with Crippen LogP contribution in [0.2, 0.25) is 0 Å². The Morgan fingerprint density at radius 1 is 1.03 bits per heavy atom. The number of benzene rings is 2. The molecule has 0 aliphatic heterocycles. The van der Waals surface area contributed by atoms with E-state index >= 15 is 0 Å². The number of esters is 1. The van der Waals surface area contributed by atoms with E-state index in [2.05, 4.69) is 6.92 Å². The third-order valence-electron chi connectivity index (χ3n) is 5.22. The summed E-state index contributed by atoms with van der Waals surface area (Å²) in [5.41, 5.74) is 1.81. The largest absolute Gasteiger partial charge is 0.458 e. The average molecular weight is 427 g/mol. The Kier molecular flexibility index (Phi) is 6.94. The minimum absolute atomic E-state index is 0.170. The monoisotopic (exact) mass is 426 g/mol. The fraction of sp³-hybridized carbons (Fsp3) is 0.440. The molecule has 1 aliphatic rings. The highest BCUT2D eigenvalue weighted by atomic mass is 17.1. The van der Waals surface area contributed by atoms with Gasteiger partial charge >= 0.3 is 5.97 Å². The van der Waals surface area contributed by atoms with Gasteiger partial charge in [0.05, 0.1) is 0 Å². The zero-order valence-corrected chi connectivity index (χ0v) is 18.6. The first-order valence-electron chi connectivity index (χ1n) is 10.7. The third kappa shape index (κ3) is 4.87. The molecule has 0 aromatic heterocycles. The first kappa shape index (κ1) is 23.1. The molecule has 0 saturated carbocycles. The van der Waals surface area contributed by atoms with Crippen LogP contribution in [0, 0.1) is 0 Å². The van der Waals surface area contributed by atoms with E-state index < -0.39 is 24.0 Å². The van der Waals surface area contributed by atoms with Crippen LogP contribution >= 0.6 is 0 Å². The van der Waals surface area contributed by atoms with Crippen molar-refractivity contribution in [1.29, 1.82) is 0 Å². The molecule has 6 heteroatoms. The van der Waals surface area contributed by atoms with Crippen molar-refractivity contribution in [2.75, 3.05) is 6.61 Å². The highest BCUT2D eigenvalue weighted by Crippen LogP contribution is 2.43. The van der Waals surface area contributed by atoms with Gasteiger partial charge in [0.25, 0.3) is 5.79 Å². The molecule has 0 spiro atoms. The van der Waals surface area contributed by atoms with E-state index in [1.54, 1.807) is 51.1 Å². The maximum atomic E-state index is 13.2. The van der Waals surface area contributed by atoms with Crippen LogP contribution in [0.15, 0.2) is 42.5 Å². The summed E-state index contributed by atoms with van der Waals surface area (Å²) in [6, 6.07) is 12.2. The fourth-order valence-corrected chi connectivity index (χ4v) is 3.87. The molecule has 0 fully saturated rings. The summed E-state index contributed by atoms with van der Waals surface area (Å²) < 4.78 is 11.2. The molecule has 0 bridgehead atoms. The number of ketones is 1. The average Bonchev–Trinajstić information content (AvgIpc) is 2.73. The SMILES string of the molecule is CCCCCc1ccc2c(c1)C(=O)c1ccccc1C2(OO)OCC(=O)OC(C)(C)C. The molecular formula is C25H30O6. The van der Waals surface area contributed by atoms with Crippen molar-refractivity contribution in [3.63, 3.8) is 0 Å². The molecule has 2 aromatic carbocycles. The van der Waals surface area contributed by atoms with Crippen LogP contribution in [0.3, 0.4) is 0 Å². The summed E-state index contributed by atoms with van der Waals surface area (Å²) in [5.74, 6) is -2.58. The van der Waals surface area contributed by atoms with Crippen LogP contribution in [0.25, 0.3) is 0 Å². The lowest BCUT2D eigenvalue weighted by Crippen LogP contribution is -2.42. The zero-order chi connectivity index (χ0) is 22.6. The number of hydrogen-bond acceptors (Lipinski definition) is 6. The van der Waals surface area contributed by atoms with Gasteiger partial charge in [0.15, 0.2) is 5.78 Å². The Morgan fingerprint density at radius 2 is 1.74 bits per heavy atom. The number of rotatable bonds is 8. The molecule has 2 aromatic rings. The number of aryl methyl sites for hydroxylation is 1. The molecule has 1 atom stereocenters. The van der Waals surface area contributed by atoms with Crippen molar-refractivity contribution in [2.24, 2.45) is 0 Å². The number of fused-ring (bicyclic) bond motifs is 2. The number of ether oxygens (including phenoxy) is 2. The van der Waals surface area contributed by atoms with Gasteiger partial charge in [-0.2, -0.15) is 4.89 Å². The first-order chi connectivity index (χ1) is 14.7. The molecule has 6 nitrogen and oxygen atoms in total. The second kappa shape index (κ2) is 9.30. The lowest BCUT2D eigenvalue weighted by molar-refractivity contribution is -0.395. The highest BCUT2D eigenvalue weighted by Gasteiger charge is 2.47. The van der Waals surface area contributed by atoms with Crippen LogP contribution in [0.1, 0.15) is 79.6 Å². The van der Waals surface area contributed by atoms with Crippen molar-refractivity contribution < 1.29 is 29.2 Å². The van der Waals surface area contributed by atoms with Crippen LogP contribution in [0.4, 0.5) is 0 Å². The Bertz CT molecular complexity index is 959. The Balaban J connectivity index is 2.02. The highest BCUT2D eigenvalue weighted by molar-refractivity contribution is 6.13. The molecular weight excluding hydrogens is 396 g/mol. The Morgan fingerprint density at radius 3 is 2.42 bits per heavy atom. The van der Waals surface area contributed by atoms with Gasteiger partial charge in [-0.15, -0.1) is 0 Å². The van der Waals surface area contributed by atoms with E-state index in [4.69, 9.17) is 14.4 Å². The van der Waals surface area contributed by atoms with Gasteiger partial charge < -0.3 is 9.47 Å². The van der Waals surface area contributed by atoms with Gasteiger partial charge in [-0.25, -0.2) is 10.1 Å². The second-order valence-electron chi connectivity index (χ2n) is 8.79. The summed E-state index contributed by atoms with van der Waals surface area (Å²) in [6.45, 7) is 6.95.